The van der Waals surface area contributed by atoms with Crippen LogP contribution in [-0.2, 0) is 12.8 Å². The molecule has 21 heavy (non-hydrogen) atoms. The van der Waals surface area contributed by atoms with Crippen LogP contribution in [0, 0.1) is 6.92 Å². The SMILES string of the molecule is CCCc1c(NN)ncnc1Oc1ccc(C)nc1CC. The number of anilines is 1. The van der Waals surface area contributed by atoms with Gasteiger partial charge in [0.05, 0.1) is 11.3 Å². The van der Waals surface area contributed by atoms with Crippen LogP contribution in [0.4, 0.5) is 5.82 Å². The van der Waals surface area contributed by atoms with Crippen molar-refractivity contribution in [1.82, 2.24) is 15.0 Å². The van der Waals surface area contributed by atoms with Crippen LogP contribution in [-0.4, -0.2) is 15.0 Å². The van der Waals surface area contributed by atoms with E-state index >= 15 is 0 Å². The van der Waals surface area contributed by atoms with Crippen molar-refractivity contribution in [3.63, 3.8) is 0 Å². The Bertz CT molecular complexity index is 615. The molecule has 0 bridgehead atoms. The maximum atomic E-state index is 5.97. The number of hydrogen-bond donors (Lipinski definition) is 2. The molecule has 2 rings (SSSR count). The van der Waals surface area contributed by atoms with Gasteiger partial charge in [-0.15, -0.1) is 0 Å². The number of nitrogen functional groups attached to an aromatic ring is 1. The van der Waals surface area contributed by atoms with Crippen molar-refractivity contribution in [1.29, 1.82) is 0 Å². The van der Waals surface area contributed by atoms with Crippen LogP contribution in [0.5, 0.6) is 11.6 Å². The van der Waals surface area contributed by atoms with Crippen molar-refractivity contribution in [2.75, 3.05) is 5.43 Å². The molecule has 0 atom stereocenters. The van der Waals surface area contributed by atoms with Gasteiger partial charge in [-0.2, -0.15) is 0 Å². The largest absolute Gasteiger partial charge is 0.437 e. The predicted octanol–water partition coefficient (Wildman–Crippen LogP) is 2.77. The molecule has 112 valence electrons. The maximum absolute atomic E-state index is 5.97. The fourth-order valence-electron chi connectivity index (χ4n) is 2.13. The molecule has 3 N–H and O–H groups in total. The maximum Gasteiger partial charge on any atom is 0.227 e. The second-order valence-electron chi connectivity index (χ2n) is 4.75. The molecule has 2 heterocycles. The Kier molecular flexibility index (Phi) is 5.05. The molecule has 6 heteroatoms. The van der Waals surface area contributed by atoms with Crippen LogP contribution < -0.4 is 16.0 Å². The molecule has 0 saturated heterocycles. The molecule has 6 nitrogen and oxygen atoms in total. The zero-order chi connectivity index (χ0) is 15.2. The minimum Gasteiger partial charge on any atom is -0.437 e. The molecule has 0 radical (unpaired) electrons. The highest BCUT2D eigenvalue weighted by atomic mass is 16.5. The Labute approximate surface area is 124 Å². The number of hydrazine groups is 1. The minimum absolute atomic E-state index is 0.528. The average molecular weight is 287 g/mol. The standard InChI is InChI=1S/C15H21N5O/c1-4-6-11-14(20-16)17-9-18-15(11)21-13-8-7-10(3)19-12(13)5-2/h7-9H,4-6,16H2,1-3H3,(H,17,18,20). The summed E-state index contributed by atoms with van der Waals surface area (Å²) in [6.45, 7) is 6.10. The lowest BCUT2D eigenvalue weighted by molar-refractivity contribution is 0.446. The van der Waals surface area contributed by atoms with Crippen LogP contribution in [0.25, 0.3) is 0 Å². The van der Waals surface area contributed by atoms with E-state index in [1.165, 1.54) is 6.33 Å². The van der Waals surface area contributed by atoms with Gasteiger partial charge in [-0.25, -0.2) is 15.8 Å². The molecule has 0 aliphatic rings. The van der Waals surface area contributed by atoms with Crippen LogP contribution in [0.1, 0.15) is 37.2 Å². The summed E-state index contributed by atoms with van der Waals surface area (Å²) < 4.78 is 5.97. The monoisotopic (exact) mass is 287 g/mol. The Morgan fingerprint density at radius 3 is 2.71 bits per heavy atom. The van der Waals surface area contributed by atoms with E-state index in [9.17, 15) is 0 Å². The Morgan fingerprint density at radius 2 is 2.05 bits per heavy atom. The van der Waals surface area contributed by atoms with Crippen LogP contribution in [0.15, 0.2) is 18.5 Å². The van der Waals surface area contributed by atoms with Gasteiger partial charge in [0.2, 0.25) is 5.88 Å². The van der Waals surface area contributed by atoms with Gasteiger partial charge >= 0.3 is 0 Å². The van der Waals surface area contributed by atoms with Gasteiger partial charge in [0.15, 0.2) is 5.75 Å². The van der Waals surface area contributed by atoms with Gasteiger partial charge in [-0.05, 0) is 31.9 Å². The van der Waals surface area contributed by atoms with E-state index in [-0.39, 0.29) is 0 Å². The summed E-state index contributed by atoms with van der Waals surface area (Å²) >= 11 is 0. The lowest BCUT2D eigenvalue weighted by atomic mass is 10.1. The first-order chi connectivity index (χ1) is 10.2. The third kappa shape index (κ3) is 3.46. The van der Waals surface area contributed by atoms with Crippen LogP contribution >= 0.6 is 0 Å². The zero-order valence-electron chi connectivity index (χ0n) is 12.7. The van der Waals surface area contributed by atoms with Crippen LogP contribution in [0.3, 0.4) is 0 Å². The summed E-state index contributed by atoms with van der Waals surface area (Å²) in [7, 11) is 0. The van der Waals surface area contributed by atoms with E-state index in [1.807, 2.05) is 19.1 Å². The molecule has 0 aliphatic heterocycles. The van der Waals surface area contributed by atoms with Crippen molar-refractivity contribution >= 4 is 5.82 Å². The first kappa shape index (κ1) is 15.2. The fraction of sp³-hybridized carbons (Fsp3) is 0.400. The normalized spacial score (nSPS) is 10.5. The number of nitrogens with two attached hydrogens (primary N) is 1. The van der Waals surface area contributed by atoms with Gasteiger partial charge in [0, 0.05) is 5.69 Å². The van der Waals surface area contributed by atoms with E-state index in [2.05, 4.69) is 34.2 Å². The Morgan fingerprint density at radius 1 is 1.24 bits per heavy atom. The number of rotatable bonds is 6. The summed E-state index contributed by atoms with van der Waals surface area (Å²) in [5.74, 6) is 7.36. The lowest BCUT2D eigenvalue weighted by Crippen LogP contribution is -2.12. The number of aromatic nitrogens is 3. The average Bonchev–Trinajstić information content (AvgIpc) is 2.50. The molecular weight excluding hydrogens is 266 g/mol. The summed E-state index contributed by atoms with van der Waals surface area (Å²) in [4.78, 5) is 12.9. The van der Waals surface area contributed by atoms with E-state index in [0.29, 0.717) is 11.7 Å². The van der Waals surface area contributed by atoms with Gasteiger partial charge in [0.25, 0.3) is 0 Å². The topological polar surface area (TPSA) is 86.0 Å². The van der Waals surface area contributed by atoms with Crippen molar-refractivity contribution in [3.05, 3.63) is 35.4 Å². The fourth-order valence-corrected chi connectivity index (χ4v) is 2.13. The Hall–Kier alpha value is -2.21. The molecule has 2 aromatic heterocycles. The summed E-state index contributed by atoms with van der Waals surface area (Å²) in [5.41, 5.74) is 5.36. The second kappa shape index (κ2) is 6.99. The van der Waals surface area contributed by atoms with Crippen molar-refractivity contribution < 1.29 is 4.74 Å². The number of nitrogens with one attached hydrogen (secondary N) is 1. The first-order valence-corrected chi connectivity index (χ1v) is 7.14. The molecule has 0 aromatic carbocycles. The quantitative estimate of drug-likeness (QED) is 0.627. The van der Waals surface area contributed by atoms with Gasteiger partial charge < -0.3 is 10.2 Å². The number of ether oxygens (including phenoxy) is 1. The molecule has 0 spiro atoms. The molecular formula is C15H21N5O. The van der Waals surface area contributed by atoms with Crippen molar-refractivity contribution in [3.8, 4) is 11.6 Å². The van der Waals surface area contributed by atoms with Crippen molar-refractivity contribution in [2.45, 2.75) is 40.0 Å². The number of pyridine rings is 1. The van der Waals surface area contributed by atoms with Crippen LogP contribution in [0.2, 0.25) is 0 Å². The van der Waals surface area contributed by atoms with E-state index in [1.54, 1.807) is 0 Å². The number of nitrogens with zero attached hydrogens (tertiary/aromatic N) is 3. The molecule has 2 aromatic rings. The first-order valence-electron chi connectivity index (χ1n) is 7.14. The number of aryl methyl sites for hydroxylation is 2. The van der Waals surface area contributed by atoms with Gasteiger partial charge in [-0.3, -0.25) is 4.98 Å². The van der Waals surface area contributed by atoms with Crippen molar-refractivity contribution in [2.24, 2.45) is 5.84 Å². The highest BCUT2D eigenvalue weighted by molar-refractivity contribution is 5.49. The van der Waals surface area contributed by atoms with Gasteiger partial charge in [0.1, 0.15) is 12.1 Å². The third-order valence-corrected chi connectivity index (χ3v) is 3.16. The van der Waals surface area contributed by atoms with E-state index < -0.39 is 0 Å². The highest BCUT2D eigenvalue weighted by Crippen LogP contribution is 2.29. The highest BCUT2D eigenvalue weighted by Gasteiger charge is 2.14. The lowest BCUT2D eigenvalue weighted by Gasteiger charge is -2.14. The third-order valence-electron chi connectivity index (χ3n) is 3.16. The van der Waals surface area contributed by atoms with Gasteiger partial charge in [-0.1, -0.05) is 20.3 Å². The molecule has 0 saturated carbocycles. The summed E-state index contributed by atoms with van der Waals surface area (Å²) in [5, 5.41) is 0. The number of hydrogen-bond acceptors (Lipinski definition) is 6. The smallest absolute Gasteiger partial charge is 0.227 e. The summed E-state index contributed by atoms with van der Waals surface area (Å²) in [6, 6.07) is 3.85. The summed E-state index contributed by atoms with van der Waals surface area (Å²) in [6.07, 6.45) is 3.98. The predicted molar refractivity (Wildman–Crippen MR) is 82.3 cm³/mol. The van der Waals surface area contributed by atoms with E-state index in [0.717, 1.165) is 42.0 Å². The zero-order valence-corrected chi connectivity index (χ0v) is 12.7. The molecule has 0 fully saturated rings. The molecule has 0 aliphatic carbocycles. The Balaban J connectivity index is 2.39. The minimum atomic E-state index is 0.528. The molecule has 0 amide bonds. The molecule has 0 unspecified atom stereocenters. The van der Waals surface area contributed by atoms with E-state index in [4.69, 9.17) is 10.6 Å². The second-order valence-corrected chi connectivity index (χ2v) is 4.75.